The van der Waals surface area contributed by atoms with Crippen molar-refractivity contribution in [2.24, 2.45) is 5.92 Å². The van der Waals surface area contributed by atoms with E-state index in [-0.39, 0.29) is 12.4 Å². The van der Waals surface area contributed by atoms with E-state index in [9.17, 15) is 14.4 Å². The Kier molecular flexibility index (Phi) is 11.8. The van der Waals surface area contributed by atoms with E-state index >= 15 is 0 Å². The summed E-state index contributed by atoms with van der Waals surface area (Å²) in [6.45, 7) is 3.74. The fourth-order valence-electron chi connectivity index (χ4n) is 2.10. The van der Waals surface area contributed by atoms with Gasteiger partial charge in [-0.2, -0.15) is 0 Å². The summed E-state index contributed by atoms with van der Waals surface area (Å²) in [4.78, 5) is 32.1. The number of ether oxygens (including phenoxy) is 1. The van der Waals surface area contributed by atoms with Crippen molar-refractivity contribution >= 4 is 17.9 Å². The Hall–Kier alpha value is -1.85. The zero-order valence-electron chi connectivity index (χ0n) is 13.0. The third kappa shape index (κ3) is 10.9. The van der Waals surface area contributed by atoms with Crippen molar-refractivity contribution in [2.75, 3.05) is 6.61 Å². The highest BCUT2D eigenvalue weighted by Gasteiger charge is 2.24. The molecule has 0 saturated heterocycles. The predicted octanol–water partition coefficient (Wildman–Crippen LogP) is 3.01. The molecule has 6 heteroatoms. The second kappa shape index (κ2) is 12.9. The summed E-state index contributed by atoms with van der Waals surface area (Å²) in [6, 6.07) is 0. The Labute approximate surface area is 131 Å². The van der Waals surface area contributed by atoms with E-state index < -0.39 is 17.9 Å². The number of hydrogen-bond acceptors (Lipinski definition) is 4. The van der Waals surface area contributed by atoms with Crippen molar-refractivity contribution < 1.29 is 29.3 Å². The van der Waals surface area contributed by atoms with Gasteiger partial charge in [0.05, 0.1) is 6.61 Å². The first-order valence-corrected chi connectivity index (χ1v) is 7.73. The number of hydrogen-bond donors (Lipinski definition) is 2. The van der Waals surface area contributed by atoms with E-state index in [0.29, 0.717) is 13.0 Å². The molecule has 0 aromatic rings. The second-order valence-electron chi connectivity index (χ2n) is 5.22. The average molecular weight is 314 g/mol. The van der Waals surface area contributed by atoms with Crippen LogP contribution in [0.15, 0.2) is 12.7 Å². The third-order valence-electron chi connectivity index (χ3n) is 3.39. The maximum absolute atomic E-state index is 10.8. The number of carbonyl (C=O) groups is 3. The largest absolute Gasteiger partial charge is 0.481 e. The van der Waals surface area contributed by atoms with Crippen LogP contribution in [-0.4, -0.2) is 34.7 Å². The summed E-state index contributed by atoms with van der Waals surface area (Å²) in [5.74, 6) is -4.19. The van der Waals surface area contributed by atoms with Crippen molar-refractivity contribution in [2.45, 2.75) is 57.8 Å². The molecule has 0 saturated carbocycles. The normalized spacial score (nSPS) is 10.4. The maximum atomic E-state index is 10.8. The molecule has 6 nitrogen and oxygen atoms in total. The molecule has 0 heterocycles. The minimum absolute atomic E-state index is 0.194. The van der Waals surface area contributed by atoms with Crippen molar-refractivity contribution in [1.82, 2.24) is 0 Å². The fraction of sp³-hybridized carbons (Fsp3) is 0.688. The van der Waals surface area contributed by atoms with E-state index in [0.717, 1.165) is 51.0 Å². The van der Waals surface area contributed by atoms with Gasteiger partial charge < -0.3 is 14.9 Å². The van der Waals surface area contributed by atoms with Gasteiger partial charge in [0.15, 0.2) is 5.92 Å². The van der Waals surface area contributed by atoms with Crippen LogP contribution in [0.1, 0.15) is 57.8 Å². The van der Waals surface area contributed by atoms with Gasteiger partial charge in [-0.05, 0) is 12.8 Å². The summed E-state index contributed by atoms with van der Waals surface area (Å²) >= 11 is 0. The molecule has 0 aliphatic heterocycles. The molecule has 2 N–H and O–H groups in total. The Morgan fingerprint density at radius 2 is 1.32 bits per heavy atom. The fourth-order valence-corrected chi connectivity index (χ4v) is 2.10. The van der Waals surface area contributed by atoms with Crippen LogP contribution in [-0.2, 0) is 19.1 Å². The van der Waals surface area contributed by atoms with Crippen molar-refractivity contribution in [3.63, 3.8) is 0 Å². The molecule has 22 heavy (non-hydrogen) atoms. The Balaban J connectivity index is 3.37. The number of aliphatic carboxylic acids is 2. The first-order valence-electron chi connectivity index (χ1n) is 7.73. The summed E-state index contributed by atoms with van der Waals surface area (Å²) in [5.41, 5.74) is 0. The van der Waals surface area contributed by atoms with Gasteiger partial charge in [-0.25, -0.2) is 4.79 Å². The number of esters is 1. The topological polar surface area (TPSA) is 101 Å². The van der Waals surface area contributed by atoms with E-state index in [4.69, 9.17) is 14.9 Å². The van der Waals surface area contributed by atoms with Gasteiger partial charge in [0.25, 0.3) is 0 Å². The van der Waals surface area contributed by atoms with Crippen LogP contribution in [0.25, 0.3) is 0 Å². The van der Waals surface area contributed by atoms with Crippen molar-refractivity contribution in [1.29, 1.82) is 0 Å². The van der Waals surface area contributed by atoms with Crippen molar-refractivity contribution in [3.8, 4) is 0 Å². The Morgan fingerprint density at radius 1 is 0.864 bits per heavy atom. The molecule has 0 aromatic heterocycles. The zero-order chi connectivity index (χ0) is 16.8. The molecule has 0 spiro atoms. The highest BCUT2D eigenvalue weighted by molar-refractivity contribution is 5.92. The quantitative estimate of drug-likeness (QED) is 0.221. The number of rotatable bonds is 14. The summed E-state index contributed by atoms with van der Waals surface area (Å²) in [6.07, 6.45) is 8.86. The first-order chi connectivity index (χ1) is 10.5. The first kappa shape index (κ1) is 20.1. The van der Waals surface area contributed by atoms with Gasteiger partial charge >= 0.3 is 17.9 Å². The monoisotopic (exact) mass is 314 g/mol. The SMILES string of the molecule is C=CC(=O)OCCCCCCCCCCC(C(=O)O)C(=O)O. The highest BCUT2D eigenvalue weighted by atomic mass is 16.5. The van der Waals surface area contributed by atoms with Crippen LogP contribution in [0.3, 0.4) is 0 Å². The molecule has 0 amide bonds. The van der Waals surface area contributed by atoms with E-state index in [2.05, 4.69) is 6.58 Å². The second-order valence-corrected chi connectivity index (χ2v) is 5.22. The van der Waals surface area contributed by atoms with E-state index in [1.807, 2.05) is 0 Å². The Bertz CT molecular complexity index is 350. The van der Waals surface area contributed by atoms with Gasteiger partial charge in [-0.15, -0.1) is 0 Å². The molecule has 0 aliphatic rings. The van der Waals surface area contributed by atoms with E-state index in [1.165, 1.54) is 0 Å². The molecule has 0 aliphatic carbocycles. The minimum Gasteiger partial charge on any atom is -0.481 e. The lowest BCUT2D eigenvalue weighted by atomic mass is 10.0. The van der Waals surface area contributed by atoms with Gasteiger partial charge in [0, 0.05) is 6.08 Å². The third-order valence-corrected chi connectivity index (χ3v) is 3.39. The number of unbranched alkanes of at least 4 members (excludes halogenated alkanes) is 7. The van der Waals surface area contributed by atoms with E-state index in [1.54, 1.807) is 0 Å². The zero-order valence-corrected chi connectivity index (χ0v) is 13.0. The Morgan fingerprint density at radius 3 is 1.77 bits per heavy atom. The predicted molar refractivity (Wildman–Crippen MR) is 81.5 cm³/mol. The van der Waals surface area contributed by atoms with Crippen LogP contribution in [0.4, 0.5) is 0 Å². The number of carbonyl (C=O) groups excluding carboxylic acids is 1. The van der Waals surface area contributed by atoms with Gasteiger partial charge in [0.1, 0.15) is 0 Å². The summed E-state index contributed by atoms with van der Waals surface area (Å²) < 4.78 is 4.86. The molecule has 0 rings (SSSR count). The summed E-state index contributed by atoms with van der Waals surface area (Å²) in [7, 11) is 0. The average Bonchev–Trinajstić information content (AvgIpc) is 2.47. The summed E-state index contributed by atoms with van der Waals surface area (Å²) in [5, 5.41) is 17.4. The lowest BCUT2D eigenvalue weighted by molar-refractivity contribution is -0.154. The number of carboxylic acids is 2. The molecular formula is C16H26O6. The van der Waals surface area contributed by atoms with Gasteiger partial charge in [-0.3, -0.25) is 9.59 Å². The van der Waals surface area contributed by atoms with Gasteiger partial charge in [-0.1, -0.05) is 51.5 Å². The standard InChI is InChI=1S/C16H26O6/c1-2-14(17)22-12-10-8-6-4-3-5-7-9-11-13(15(18)19)16(20)21/h2,13H,1,3-12H2,(H,18,19)(H,20,21). The number of carboxylic acid groups (broad SMARTS) is 2. The molecule has 0 bridgehead atoms. The molecular weight excluding hydrogens is 288 g/mol. The molecule has 0 aromatic carbocycles. The van der Waals surface area contributed by atoms with Crippen molar-refractivity contribution in [3.05, 3.63) is 12.7 Å². The smallest absolute Gasteiger partial charge is 0.330 e. The molecule has 0 unspecified atom stereocenters. The van der Waals surface area contributed by atoms with Crippen LogP contribution in [0.5, 0.6) is 0 Å². The molecule has 0 radical (unpaired) electrons. The van der Waals surface area contributed by atoms with Crippen LogP contribution >= 0.6 is 0 Å². The highest BCUT2D eigenvalue weighted by Crippen LogP contribution is 2.14. The van der Waals surface area contributed by atoms with Crippen LogP contribution < -0.4 is 0 Å². The molecule has 0 fully saturated rings. The molecule has 0 atom stereocenters. The van der Waals surface area contributed by atoms with Crippen LogP contribution in [0.2, 0.25) is 0 Å². The van der Waals surface area contributed by atoms with Gasteiger partial charge in [0.2, 0.25) is 0 Å². The minimum atomic E-state index is -1.28. The lowest BCUT2D eigenvalue weighted by Crippen LogP contribution is -2.23. The van der Waals surface area contributed by atoms with Crippen LogP contribution in [0, 0.1) is 5.92 Å². The molecule has 126 valence electrons. The lowest BCUT2D eigenvalue weighted by Gasteiger charge is -2.07. The maximum Gasteiger partial charge on any atom is 0.330 e.